The number of carbonyl (C=O) groups excluding carboxylic acids is 2. The Morgan fingerprint density at radius 1 is 1.19 bits per heavy atom. The van der Waals surface area contributed by atoms with Crippen LogP contribution >= 0.6 is 7.60 Å². The molecule has 0 aliphatic carbocycles. The van der Waals surface area contributed by atoms with E-state index in [0.29, 0.717) is 6.42 Å². The van der Waals surface area contributed by atoms with Crippen molar-refractivity contribution in [3.8, 4) is 0 Å². The summed E-state index contributed by atoms with van der Waals surface area (Å²) >= 11 is 0. The summed E-state index contributed by atoms with van der Waals surface area (Å²) in [7, 11) is -3.67. The van der Waals surface area contributed by atoms with E-state index in [2.05, 4.69) is 6.58 Å². The molecule has 0 aromatic rings. The topological polar surface area (TPSA) is 78.9 Å². The first-order valence-corrected chi connectivity index (χ1v) is 8.71. The highest BCUT2D eigenvalue weighted by atomic mass is 31.2. The first kappa shape index (κ1) is 20.0. The fourth-order valence-corrected chi connectivity index (χ4v) is 3.89. The Labute approximate surface area is 126 Å². The maximum absolute atomic E-state index is 12.8. The second-order valence-electron chi connectivity index (χ2n) is 4.30. The molecule has 0 spiro atoms. The second-order valence-corrected chi connectivity index (χ2v) is 6.52. The summed E-state index contributed by atoms with van der Waals surface area (Å²) in [6, 6.07) is 0. The molecule has 122 valence electrons. The van der Waals surface area contributed by atoms with Gasteiger partial charge in [-0.05, 0) is 33.6 Å². The Hall–Kier alpha value is -0.970. The summed E-state index contributed by atoms with van der Waals surface area (Å²) in [6.07, 6.45) is 2.73. The minimum absolute atomic E-state index is 0.0473. The van der Waals surface area contributed by atoms with Gasteiger partial charge in [0, 0.05) is 5.92 Å². The van der Waals surface area contributed by atoms with E-state index in [4.69, 9.17) is 13.8 Å². The van der Waals surface area contributed by atoms with E-state index < -0.39 is 25.1 Å². The maximum Gasteiger partial charge on any atom is 0.344 e. The zero-order valence-electron chi connectivity index (χ0n) is 12.9. The summed E-state index contributed by atoms with van der Waals surface area (Å²) in [4.78, 5) is 23.2. The molecule has 0 amide bonds. The van der Waals surface area contributed by atoms with Crippen LogP contribution in [0.2, 0.25) is 0 Å². The summed E-state index contributed by atoms with van der Waals surface area (Å²) < 4.78 is 28.2. The minimum Gasteiger partial charge on any atom is -0.465 e. The van der Waals surface area contributed by atoms with Crippen molar-refractivity contribution in [1.29, 1.82) is 0 Å². The van der Waals surface area contributed by atoms with Gasteiger partial charge in [-0.2, -0.15) is 0 Å². The van der Waals surface area contributed by atoms with Gasteiger partial charge in [0.15, 0.2) is 5.66 Å². The van der Waals surface area contributed by atoms with E-state index in [1.165, 1.54) is 0 Å². The van der Waals surface area contributed by atoms with E-state index in [-0.39, 0.29) is 26.2 Å². The number of aldehydes is 1. The zero-order chi connectivity index (χ0) is 16.3. The molecule has 0 rings (SSSR count). The summed E-state index contributed by atoms with van der Waals surface area (Å²) in [5.74, 6) is -1.15. The molecule has 1 unspecified atom stereocenters. The van der Waals surface area contributed by atoms with Crippen molar-refractivity contribution in [1.82, 2.24) is 0 Å². The van der Waals surface area contributed by atoms with Crippen LogP contribution in [-0.2, 0) is 27.9 Å². The monoisotopic (exact) mass is 320 g/mol. The lowest BCUT2D eigenvalue weighted by Gasteiger charge is -2.26. The van der Waals surface area contributed by atoms with Crippen LogP contribution in [0.1, 0.15) is 33.6 Å². The van der Waals surface area contributed by atoms with Gasteiger partial charge in [-0.1, -0.05) is 6.08 Å². The minimum atomic E-state index is -3.67. The SMILES string of the molecule is C=CC[C@H](C=O)CC(C(=O)OCC)P(=O)(OCC)OCC. The molecule has 0 bridgehead atoms. The normalized spacial score (nSPS) is 14.2. The molecule has 0 aromatic carbocycles. The van der Waals surface area contributed by atoms with Gasteiger partial charge in [-0.25, -0.2) is 0 Å². The first-order valence-electron chi connectivity index (χ1n) is 7.10. The maximum atomic E-state index is 12.8. The predicted octanol–water partition coefficient (Wildman–Crippen LogP) is 2.97. The van der Waals surface area contributed by atoms with E-state index in [9.17, 15) is 14.2 Å². The van der Waals surface area contributed by atoms with Crippen molar-refractivity contribution < 1.29 is 27.9 Å². The lowest BCUT2D eigenvalue weighted by molar-refractivity contribution is -0.143. The molecule has 0 aliphatic heterocycles. The van der Waals surface area contributed by atoms with Gasteiger partial charge in [0.25, 0.3) is 0 Å². The van der Waals surface area contributed by atoms with Gasteiger partial charge in [0.1, 0.15) is 6.29 Å². The molecule has 0 radical (unpaired) electrons. The predicted molar refractivity (Wildman–Crippen MR) is 80.3 cm³/mol. The van der Waals surface area contributed by atoms with Crippen molar-refractivity contribution in [2.24, 2.45) is 5.92 Å². The molecule has 6 nitrogen and oxygen atoms in total. The number of hydrogen-bond acceptors (Lipinski definition) is 6. The standard InChI is InChI=1S/C14H25O6P/c1-5-9-12(11-15)10-13(14(16)18-6-2)21(17,19-7-3)20-8-4/h5,11-13H,1,6-10H2,2-4H3/t12-,13?/m0/s1. The Bertz CT molecular complexity index is 372. The average Bonchev–Trinajstić information content (AvgIpc) is 2.43. The van der Waals surface area contributed by atoms with Gasteiger partial charge in [-0.3, -0.25) is 9.36 Å². The highest BCUT2D eigenvalue weighted by Gasteiger charge is 2.43. The third-order valence-electron chi connectivity index (χ3n) is 2.75. The third kappa shape index (κ3) is 6.55. The fourth-order valence-electron chi connectivity index (χ4n) is 1.88. The molecule has 0 aromatic heterocycles. The number of allylic oxidation sites excluding steroid dienone is 1. The highest BCUT2D eigenvalue weighted by molar-refractivity contribution is 7.55. The Kier molecular flexibility index (Phi) is 10.2. The number of carbonyl (C=O) groups is 2. The average molecular weight is 320 g/mol. The summed E-state index contributed by atoms with van der Waals surface area (Å²) in [6.45, 7) is 8.98. The fraction of sp³-hybridized carbons (Fsp3) is 0.714. The smallest absolute Gasteiger partial charge is 0.344 e. The molecule has 21 heavy (non-hydrogen) atoms. The van der Waals surface area contributed by atoms with Crippen molar-refractivity contribution in [2.45, 2.75) is 39.3 Å². The summed E-state index contributed by atoms with van der Waals surface area (Å²) in [5, 5.41) is 0. The van der Waals surface area contributed by atoms with Crippen LogP contribution in [-0.4, -0.2) is 37.7 Å². The number of hydrogen-bond donors (Lipinski definition) is 0. The Balaban J connectivity index is 5.34. The van der Waals surface area contributed by atoms with Crippen molar-refractivity contribution >= 4 is 19.9 Å². The molecule has 0 N–H and O–H groups in total. The first-order chi connectivity index (χ1) is 9.98. The van der Waals surface area contributed by atoms with Crippen molar-refractivity contribution in [2.75, 3.05) is 19.8 Å². The van der Waals surface area contributed by atoms with Gasteiger partial charge in [-0.15, -0.1) is 6.58 Å². The number of esters is 1. The van der Waals surface area contributed by atoms with Crippen molar-refractivity contribution in [3.63, 3.8) is 0 Å². The van der Waals surface area contributed by atoms with Gasteiger partial charge < -0.3 is 18.6 Å². The van der Waals surface area contributed by atoms with Crippen LogP contribution in [0.3, 0.4) is 0 Å². The van der Waals surface area contributed by atoms with E-state index in [1.807, 2.05) is 0 Å². The van der Waals surface area contributed by atoms with Crippen LogP contribution in [0.25, 0.3) is 0 Å². The van der Waals surface area contributed by atoms with Crippen LogP contribution < -0.4 is 0 Å². The largest absolute Gasteiger partial charge is 0.465 e. The molecule has 0 saturated carbocycles. The molecule has 0 fully saturated rings. The zero-order valence-corrected chi connectivity index (χ0v) is 13.8. The number of rotatable bonds is 12. The van der Waals surface area contributed by atoms with Gasteiger partial charge >= 0.3 is 13.6 Å². The van der Waals surface area contributed by atoms with Gasteiger partial charge in [0.2, 0.25) is 0 Å². The van der Waals surface area contributed by atoms with E-state index in [0.717, 1.165) is 6.29 Å². The molecule has 7 heteroatoms. The van der Waals surface area contributed by atoms with Crippen LogP contribution in [0.5, 0.6) is 0 Å². The van der Waals surface area contributed by atoms with Crippen LogP contribution in [0.4, 0.5) is 0 Å². The Morgan fingerprint density at radius 3 is 2.14 bits per heavy atom. The van der Waals surface area contributed by atoms with Crippen LogP contribution in [0.15, 0.2) is 12.7 Å². The van der Waals surface area contributed by atoms with Crippen LogP contribution in [0, 0.1) is 5.92 Å². The molecular formula is C14H25O6P. The second kappa shape index (κ2) is 10.7. The summed E-state index contributed by atoms with van der Waals surface area (Å²) in [5.41, 5.74) is -1.10. The molecule has 2 atom stereocenters. The Morgan fingerprint density at radius 2 is 1.76 bits per heavy atom. The molecule has 0 saturated heterocycles. The van der Waals surface area contributed by atoms with Gasteiger partial charge in [0.05, 0.1) is 19.8 Å². The lowest BCUT2D eigenvalue weighted by Crippen LogP contribution is -2.28. The lowest BCUT2D eigenvalue weighted by atomic mass is 10.0. The highest BCUT2D eigenvalue weighted by Crippen LogP contribution is 2.55. The van der Waals surface area contributed by atoms with E-state index >= 15 is 0 Å². The number of ether oxygens (including phenoxy) is 1. The van der Waals surface area contributed by atoms with Crippen molar-refractivity contribution in [3.05, 3.63) is 12.7 Å². The van der Waals surface area contributed by atoms with E-state index in [1.54, 1.807) is 26.8 Å². The quantitative estimate of drug-likeness (QED) is 0.238. The molecular weight excluding hydrogens is 295 g/mol. The third-order valence-corrected chi connectivity index (χ3v) is 5.17. The molecule has 0 aliphatic rings. The molecule has 0 heterocycles.